The van der Waals surface area contributed by atoms with E-state index in [0.29, 0.717) is 3.58 Å². The summed E-state index contributed by atoms with van der Waals surface area (Å²) in [6.07, 6.45) is 6.24. The molecule has 0 aliphatic heterocycles. The number of halogens is 3. The van der Waals surface area contributed by atoms with Crippen molar-refractivity contribution in [3.8, 4) is 5.75 Å². The second kappa shape index (κ2) is 12.9. The van der Waals surface area contributed by atoms with E-state index in [1.54, 1.807) is 0 Å². The Labute approximate surface area is 190 Å². The molecule has 0 heterocycles. The Kier molecular flexibility index (Phi) is 10.9. The van der Waals surface area contributed by atoms with Gasteiger partial charge in [0.1, 0.15) is 0 Å². The van der Waals surface area contributed by atoms with Crippen LogP contribution >= 0.6 is 11.6 Å². The van der Waals surface area contributed by atoms with Gasteiger partial charge in [0, 0.05) is 0 Å². The normalized spacial score (nSPS) is 11.7. The molecule has 0 aliphatic carbocycles. The van der Waals surface area contributed by atoms with Crippen molar-refractivity contribution in [2.24, 2.45) is 0 Å². The molecule has 0 unspecified atom stereocenters. The SMILES string of the molecule is CCC[CH2][Sn]([CH2]CCC)([CH2]CCC)[c]1c(F)cc(Cl)c(OCc2ccccc2)c1F. The van der Waals surface area contributed by atoms with Crippen molar-refractivity contribution >= 4 is 33.6 Å². The van der Waals surface area contributed by atoms with Crippen molar-refractivity contribution < 1.29 is 13.5 Å². The maximum absolute atomic E-state index is 15.9. The first kappa shape index (κ1) is 25.4. The average Bonchev–Trinajstić information content (AvgIpc) is 2.74. The molecule has 1 nitrogen and oxygen atoms in total. The van der Waals surface area contributed by atoms with Crippen LogP contribution in [0.2, 0.25) is 18.3 Å². The first-order valence-corrected chi connectivity index (χ1v) is 19.2. The van der Waals surface area contributed by atoms with E-state index < -0.39 is 30.0 Å². The van der Waals surface area contributed by atoms with E-state index in [9.17, 15) is 0 Å². The van der Waals surface area contributed by atoms with E-state index in [1.165, 1.54) is 6.07 Å². The van der Waals surface area contributed by atoms with Gasteiger partial charge in [0.05, 0.1) is 0 Å². The van der Waals surface area contributed by atoms with Gasteiger partial charge in [0.25, 0.3) is 0 Å². The van der Waals surface area contributed by atoms with Crippen LogP contribution in [0, 0.1) is 11.6 Å². The maximum atomic E-state index is 15.9. The summed E-state index contributed by atoms with van der Waals surface area (Å²) in [5.41, 5.74) is 0.927. The number of unbranched alkanes of at least 4 members (excludes halogenated alkanes) is 3. The summed E-state index contributed by atoms with van der Waals surface area (Å²) in [7, 11) is 0. The first-order chi connectivity index (χ1) is 14.5. The molecule has 0 aromatic heterocycles. The fourth-order valence-electron chi connectivity index (χ4n) is 4.22. The number of rotatable bonds is 13. The van der Waals surface area contributed by atoms with Crippen LogP contribution in [0.25, 0.3) is 0 Å². The monoisotopic (exact) mass is 544 g/mol. The van der Waals surface area contributed by atoms with Gasteiger partial charge < -0.3 is 0 Å². The molecule has 30 heavy (non-hydrogen) atoms. The Morgan fingerprint density at radius 2 is 1.40 bits per heavy atom. The van der Waals surface area contributed by atoms with Crippen LogP contribution in [-0.4, -0.2) is 18.4 Å². The summed E-state index contributed by atoms with van der Waals surface area (Å²) in [6, 6.07) is 10.9. The van der Waals surface area contributed by atoms with Crippen LogP contribution in [0.3, 0.4) is 0 Å². The second-order valence-corrected chi connectivity index (χ2v) is 21.6. The summed E-state index contributed by atoms with van der Waals surface area (Å²) in [6.45, 7) is 6.67. The molecular formula is C25H35ClF2OSn. The fourth-order valence-corrected chi connectivity index (χ4v) is 20.9. The molecule has 0 saturated heterocycles. The zero-order valence-corrected chi connectivity index (χ0v) is 22.2. The van der Waals surface area contributed by atoms with E-state index in [2.05, 4.69) is 20.8 Å². The van der Waals surface area contributed by atoms with E-state index in [4.69, 9.17) is 16.3 Å². The molecule has 0 fully saturated rings. The molecule has 0 saturated carbocycles. The minimum absolute atomic E-state index is 0.0162. The summed E-state index contributed by atoms with van der Waals surface area (Å²) in [5, 5.41) is 0.0198. The van der Waals surface area contributed by atoms with E-state index in [1.807, 2.05) is 30.3 Å². The van der Waals surface area contributed by atoms with Gasteiger partial charge in [-0.25, -0.2) is 0 Å². The topological polar surface area (TPSA) is 9.23 Å². The fraction of sp³-hybridized carbons (Fsp3) is 0.520. The molecule has 0 amide bonds. The van der Waals surface area contributed by atoms with E-state index in [0.717, 1.165) is 57.4 Å². The predicted octanol–water partition coefficient (Wildman–Crippen LogP) is 8.25. The van der Waals surface area contributed by atoms with Crippen molar-refractivity contribution in [3.05, 3.63) is 58.6 Å². The summed E-state index contributed by atoms with van der Waals surface area (Å²) >= 11 is 2.93. The first-order valence-electron chi connectivity index (χ1n) is 11.3. The molecule has 166 valence electrons. The summed E-state index contributed by atoms with van der Waals surface area (Å²) in [5.74, 6) is -0.971. The van der Waals surface area contributed by atoms with Gasteiger partial charge in [-0.2, -0.15) is 0 Å². The van der Waals surface area contributed by atoms with Crippen LogP contribution in [0.5, 0.6) is 5.75 Å². The Balaban J connectivity index is 2.49. The summed E-state index contributed by atoms with van der Waals surface area (Å²) in [4.78, 5) is 0. The molecule has 0 atom stereocenters. The van der Waals surface area contributed by atoms with Crippen molar-refractivity contribution in [3.63, 3.8) is 0 Å². The molecule has 0 radical (unpaired) electrons. The Bertz CT molecular complexity index is 761. The Morgan fingerprint density at radius 1 is 0.867 bits per heavy atom. The molecule has 5 heteroatoms. The van der Waals surface area contributed by atoms with Gasteiger partial charge in [0.2, 0.25) is 0 Å². The third-order valence-corrected chi connectivity index (χ3v) is 21.7. The molecule has 2 aromatic rings. The van der Waals surface area contributed by atoms with Gasteiger partial charge >= 0.3 is 191 Å². The zero-order chi connectivity index (χ0) is 22.0. The Morgan fingerprint density at radius 3 is 1.90 bits per heavy atom. The standard InChI is InChI=1S/C13H8ClF2O.3C4H9.Sn/c14-11-6-10(15)7-12(16)13(11)17-8-9-4-2-1-3-5-9;3*1-3-4-2;/h1-6H,8H2;3*1,3-4H2,2H3;. The molecule has 0 aliphatic rings. The van der Waals surface area contributed by atoms with Crippen LogP contribution in [0.4, 0.5) is 8.78 Å². The molecule has 0 bridgehead atoms. The van der Waals surface area contributed by atoms with Crippen LogP contribution in [0.1, 0.15) is 64.9 Å². The zero-order valence-electron chi connectivity index (χ0n) is 18.6. The van der Waals surface area contributed by atoms with Gasteiger partial charge in [-0.15, -0.1) is 0 Å². The number of ether oxygens (including phenoxy) is 1. The van der Waals surface area contributed by atoms with Crippen molar-refractivity contribution in [1.82, 2.24) is 0 Å². The van der Waals surface area contributed by atoms with Crippen LogP contribution < -0.4 is 8.32 Å². The van der Waals surface area contributed by atoms with Gasteiger partial charge in [0.15, 0.2) is 0 Å². The van der Waals surface area contributed by atoms with E-state index >= 15 is 8.78 Å². The number of benzene rings is 2. The van der Waals surface area contributed by atoms with Crippen LogP contribution in [-0.2, 0) is 6.61 Å². The average molecular weight is 544 g/mol. The van der Waals surface area contributed by atoms with Gasteiger partial charge in [-0.3, -0.25) is 0 Å². The number of hydrogen-bond acceptors (Lipinski definition) is 1. The molecular weight excluding hydrogens is 508 g/mol. The van der Waals surface area contributed by atoms with Gasteiger partial charge in [-0.1, -0.05) is 0 Å². The number of hydrogen-bond donors (Lipinski definition) is 0. The Hall–Kier alpha value is -0.811. The minimum atomic E-state index is -3.32. The van der Waals surface area contributed by atoms with Crippen molar-refractivity contribution in [2.75, 3.05) is 0 Å². The quantitative estimate of drug-likeness (QED) is 0.231. The third-order valence-electron chi connectivity index (χ3n) is 5.91. The van der Waals surface area contributed by atoms with Crippen molar-refractivity contribution in [2.45, 2.75) is 79.2 Å². The second-order valence-electron chi connectivity index (χ2n) is 8.22. The molecule has 2 aromatic carbocycles. The van der Waals surface area contributed by atoms with E-state index in [-0.39, 0.29) is 17.4 Å². The molecule has 0 spiro atoms. The molecule has 0 N–H and O–H groups in total. The molecule has 2 rings (SSSR count). The van der Waals surface area contributed by atoms with Crippen LogP contribution in [0.15, 0.2) is 36.4 Å². The summed E-state index contributed by atoms with van der Waals surface area (Å²) < 4.78 is 40.3. The van der Waals surface area contributed by atoms with Gasteiger partial charge in [-0.05, 0) is 0 Å². The third kappa shape index (κ3) is 6.59. The van der Waals surface area contributed by atoms with Crippen molar-refractivity contribution in [1.29, 1.82) is 0 Å². The predicted molar refractivity (Wildman–Crippen MR) is 127 cm³/mol.